The van der Waals surface area contributed by atoms with Gasteiger partial charge in [0.1, 0.15) is 0 Å². The highest BCUT2D eigenvalue weighted by Gasteiger charge is 2.20. The van der Waals surface area contributed by atoms with Gasteiger partial charge in [0.25, 0.3) is 0 Å². The summed E-state index contributed by atoms with van der Waals surface area (Å²) < 4.78 is 0. The van der Waals surface area contributed by atoms with E-state index in [1.165, 1.54) is 4.88 Å². The molecular formula is C15H26N4OS. The van der Waals surface area contributed by atoms with Crippen LogP contribution in [0.4, 0.5) is 0 Å². The highest BCUT2D eigenvalue weighted by molar-refractivity contribution is 7.09. The van der Waals surface area contributed by atoms with Gasteiger partial charge in [0.05, 0.1) is 0 Å². The van der Waals surface area contributed by atoms with Crippen molar-refractivity contribution in [1.82, 2.24) is 16.0 Å². The minimum absolute atomic E-state index is 0.0601. The molecule has 0 spiro atoms. The van der Waals surface area contributed by atoms with E-state index in [0.717, 1.165) is 18.9 Å². The van der Waals surface area contributed by atoms with Gasteiger partial charge in [-0.15, -0.1) is 11.3 Å². The predicted molar refractivity (Wildman–Crippen MR) is 89.9 cm³/mol. The smallest absolute Gasteiger partial charge is 0.225 e. The Labute approximate surface area is 131 Å². The molecule has 0 saturated heterocycles. The second kappa shape index (κ2) is 8.67. The largest absolute Gasteiger partial charge is 0.356 e. The zero-order chi connectivity index (χ0) is 15.7. The van der Waals surface area contributed by atoms with Crippen LogP contribution in [-0.4, -0.2) is 38.5 Å². The number of rotatable bonds is 6. The van der Waals surface area contributed by atoms with E-state index >= 15 is 0 Å². The zero-order valence-corrected chi connectivity index (χ0v) is 14.1. The number of guanidine groups is 1. The van der Waals surface area contributed by atoms with Gasteiger partial charge in [-0.2, -0.15) is 0 Å². The average molecular weight is 310 g/mol. The summed E-state index contributed by atoms with van der Waals surface area (Å²) in [4.78, 5) is 17.2. The third kappa shape index (κ3) is 7.13. The first-order valence-electron chi connectivity index (χ1n) is 7.18. The molecule has 1 amide bonds. The highest BCUT2D eigenvalue weighted by Crippen LogP contribution is 2.11. The van der Waals surface area contributed by atoms with Gasteiger partial charge < -0.3 is 16.0 Å². The first-order valence-corrected chi connectivity index (χ1v) is 8.06. The number of nitrogens with zero attached hydrogens (tertiary/aromatic N) is 1. The summed E-state index contributed by atoms with van der Waals surface area (Å²) in [5.41, 5.74) is -0.347. The summed E-state index contributed by atoms with van der Waals surface area (Å²) in [6.45, 7) is 7.79. The van der Waals surface area contributed by atoms with Crippen molar-refractivity contribution in [3.63, 3.8) is 0 Å². The minimum Gasteiger partial charge on any atom is -0.356 e. The third-order valence-electron chi connectivity index (χ3n) is 2.85. The molecule has 118 valence electrons. The fourth-order valence-electron chi connectivity index (χ4n) is 1.60. The summed E-state index contributed by atoms with van der Waals surface area (Å²) >= 11 is 1.76. The summed E-state index contributed by atoms with van der Waals surface area (Å²) in [5, 5.41) is 11.4. The number of carbonyl (C=O) groups is 1. The molecule has 0 aliphatic rings. The number of nitrogens with one attached hydrogen (secondary N) is 3. The fourth-order valence-corrected chi connectivity index (χ4v) is 2.31. The predicted octanol–water partition coefficient (Wildman–Crippen LogP) is 1.62. The topological polar surface area (TPSA) is 65.5 Å². The van der Waals surface area contributed by atoms with Crippen molar-refractivity contribution in [2.75, 3.05) is 26.7 Å². The lowest BCUT2D eigenvalue weighted by atomic mass is 9.96. The lowest BCUT2D eigenvalue weighted by molar-refractivity contribution is -0.128. The molecule has 5 nitrogen and oxygen atoms in total. The van der Waals surface area contributed by atoms with Gasteiger partial charge in [-0.3, -0.25) is 9.79 Å². The van der Waals surface area contributed by atoms with Crippen molar-refractivity contribution in [3.8, 4) is 0 Å². The van der Waals surface area contributed by atoms with Crippen LogP contribution in [-0.2, 0) is 11.2 Å². The molecule has 0 bridgehead atoms. The summed E-state index contributed by atoms with van der Waals surface area (Å²) in [7, 11) is 1.74. The minimum atomic E-state index is -0.347. The average Bonchev–Trinajstić information content (AvgIpc) is 2.93. The monoisotopic (exact) mass is 310 g/mol. The van der Waals surface area contributed by atoms with E-state index in [0.29, 0.717) is 13.1 Å². The maximum atomic E-state index is 11.7. The van der Waals surface area contributed by atoms with Gasteiger partial charge in [-0.1, -0.05) is 26.8 Å². The SMILES string of the molecule is CN=C(NCCNC(=O)C(C)(C)C)NCCc1cccs1. The summed E-state index contributed by atoms with van der Waals surface area (Å²) in [6, 6.07) is 4.19. The molecule has 6 heteroatoms. The van der Waals surface area contributed by atoms with Crippen molar-refractivity contribution in [1.29, 1.82) is 0 Å². The van der Waals surface area contributed by atoms with Crippen molar-refractivity contribution >= 4 is 23.2 Å². The van der Waals surface area contributed by atoms with Crippen molar-refractivity contribution in [2.24, 2.45) is 10.4 Å². The Hall–Kier alpha value is -1.56. The molecule has 0 aliphatic heterocycles. The Kier molecular flexibility index (Phi) is 7.22. The summed E-state index contributed by atoms with van der Waals surface area (Å²) in [5.74, 6) is 0.821. The molecule has 1 rings (SSSR count). The van der Waals surface area contributed by atoms with Crippen LogP contribution in [0.15, 0.2) is 22.5 Å². The highest BCUT2D eigenvalue weighted by atomic mass is 32.1. The van der Waals surface area contributed by atoms with Crippen LogP contribution >= 0.6 is 11.3 Å². The zero-order valence-electron chi connectivity index (χ0n) is 13.3. The van der Waals surface area contributed by atoms with Crippen LogP contribution in [0.5, 0.6) is 0 Å². The maximum Gasteiger partial charge on any atom is 0.225 e. The Morgan fingerprint density at radius 1 is 1.19 bits per heavy atom. The van der Waals surface area contributed by atoms with Gasteiger partial charge in [0.15, 0.2) is 5.96 Å². The molecule has 1 heterocycles. The van der Waals surface area contributed by atoms with Gasteiger partial charge in [0, 0.05) is 37.0 Å². The second-order valence-electron chi connectivity index (χ2n) is 5.76. The second-order valence-corrected chi connectivity index (χ2v) is 6.79. The Bertz CT molecular complexity index is 449. The molecule has 3 N–H and O–H groups in total. The van der Waals surface area contributed by atoms with Crippen LogP contribution < -0.4 is 16.0 Å². The van der Waals surface area contributed by atoms with Crippen molar-refractivity contribution < 1.29 is 4.79 Å². The van der Waals surface area contributed by atoms with Crippen molar-refractivity contribution in [3.05, 3.63) is 22.4 Å². The first kappa shape index (κ1) is 17.5. The quantitative estimate of drug-likeness (QED) is 0.425. The first-order chi connectivity index (χ1) is 9.93. The molecule has 0 aromatic carbocycles. The lowest BCUT2D eigenvalue weighted by Gasteiger charge is -2.18. The maximum absolute atomic E-state index is 11.7. The van der Waals surface area contributed by atoms with Crippen LogP contribution in [0, 0.1) is 5.41 Å². The molecule has 1 aromatic rings. The standard InChI is InChI=1S/C15H26N4OS/c1-15(2,3)13(20)17-9-10-19-14(16-4)18-8-7-12-6-5-11-21-12/h5-6,11H,7-10H2,1-4H3,(H,17,20)(H2,16,18,19). The van der Waals surface area contributed by atoms with Crippen LogP contribution in [0.25, 0.3) is 0 Å². The van der Waals surface area contributed by atoms with Gasteiger partial charge in [0.2, 0.25) is 5.91 Å². The van der Waals surface area contributed by atoms with Crippen LogP contribution in [0.1, 0.15) is 25.6 Å². The Balaban J connectivity index is 2.15. The van der Waals surface area contributed by atoms with Crippen LogP contribution in [0.2, 0.25) is 0 Å². The molecule has 0 radical (unpaired) electrons. The molecule has 0 fully saturated rings. The molecular weight excluding hydrogens is 284 g/mol. The molecule has 0 saturated carbocycles. The van der Waals surface area contributed by atoms with E-state index in [2.05, 4.69) is 38.5 Å². The molecule has 0 aliphatic carbocycles. The molecule has 21 heavy (non-hydrogen) atoms. The summed E-state index contributed by atoms with van der Waals surface area (Å²) in [6.07, 6.45) is 0.985. The van der Waals surface area contributed by atoms with Gasteiger partial charge >= 0.3 is 0 Å². The van der Waals surface area contributed by atoms with E-state index in [4.69, 9.17) is 0 Å². The Morgan fingerprint density at radius 2 is 1.86 bits per heavy atom. The third-order valence-corrected chi connectivity index (χ3v) is 3.79. The normalized spacial score (nSPS) is 12.1. The number of aliphatic imine (C=N–C) groups is 1. The van der Waals surface area contributed by atoms with Gasteiger partial charge in [-0.25, -0.2) is 0 Å². The van der Waals surface area contributed by atoms with Crippen LogP contribution in [0.3, 0.4) is 0 Å². The Morgan fingerprint density at radius 3 is 2.43 bits per heavy atom. The lowest BCUT2D eigenvalue weighted by Crippen LogP contribution is -2.43. The number of hydrogen-bond acceptors (Lipinski definition) is 3. The van der Waals surface area contributed by atoms with E-state index in [-0.39, 0.29) is 11.3 Å². The van der Waals surface area contributed by atoms with Gasteiger partial charge in [-0.05, 0) is 17.9 Å². The number of amides is 1. The molecule has 1 aromatic heterocycles. The molecule has 0 unspecified atom stereocenters. The van der Waals surface area contributed by atoms with Crippen molar-refractivity contribution in [2.45, 2.75) is 27.2 Å². The number of thiophene rings is 1. The fraction of sp³-hybridized carbons (Fsp3) is 0.600. The van der Waals surface area contributed by atoms with E-state index < -0.39 is 0 Å². The van der Waals surface area contributed by atoms with E-state index in [9.17, 15) is 4.79 Å². The molecule has 0 atom stereocenters. The van der Waals surface area contributed by atoms with E-state index in [1.54, 1.807) is 18.4 Å². The number of hydrogen-bond donors (Lipinski definition) is 3. The number of carbonyl (C=O) groups excluding carboxylic acids is 1. The van der Waals surface area contributed by atoms with E-state index in [1.807, 2.05) is 20.8 Å².